The quantitative estimate of drug-likeness (QED) is 0.752. The molecule has 1 fully saturated rings. The van der Waals surface area contributed by atoms with Gasteiger partial charge in [-0.05, 0) is 37.1 Å². The van der Waals surface area contributed by atoms with E-state index in [0.29, 0.717) is 5.56 Å². The van der Waals surface area contributed by atoms with E-state index in [0.717, 1.165) is 25.7 Å². The topological polar surface area (TPSA) is 75.3 Å². The maximum atomic E-state index is 12.8. The first kappa shape index (κ1) is 18.1. The van der Waals surface area contributed by atoms with E-state index >= 15 is 0 Å². The third-order valence-electron chi connectivity index (χ3n) is 4.16. The minimum absolute atomic E-state index is 0.00686. The number of nitrogens with one attached hydrogen (secondary N) is 2. The van der Waals surface area contributed by atoms with Gasteiger partial charge in [0.15, 0.2) is 5.78 Å². The highest BCUT2D eigenvalue weighted by molar-refractivity contribution is 5.98. The Morgan fingerprint density at radius 2 is 1.62 bits per heavy atom. The fourth-order valence-corrected chi connectivity index (χ4v) is 2.80. The molecular formula is C18H23FN2O3. The third kappa shape index (κ3) is 6.10. The van der Waals surface area contributed by atoms with Crippen molar-refractivity contribution in [1.82, 2.24) is 10.6 Å². The Morgan fingerprint density at radius 3 is 2.29 bits per heavy atom. The van der Waals surface area contributed by atoms with E-state index in [9.17, 15) is 18.8 Å². The average Bonchev–Trinajstić information content (AvgIpc) is 2.59. The number of halogens is 1. The van der Waals surface area contributed by atoms with Gasteiger partial charge < -0.3 is 10.6 Å². The van der Waals surface area contributed by atoms with Crippen LogP contribution in [0, 0.1) is 5.82 Å². The number of rotatable bonds is 7. The number of carbonyl (C=O) groups excluding carboxylic acids is 3. The smallest absolute Gasteiger partial charge is 0.239 e. The van der Waals surface area contributed by atoms with Crippen LogP contribution in [0.25, 0.3) is 0 Å². The van der Waals surface area contributed by atoms with Crippen molar-refractivity contribution >= 4 is 17.6 Å². The van der Waals surface area contributed by atoms with Crippen LogP contribution in [0.4, 0.5) is 4.39 Å². The summed E-state index contributed by atoms with van der Waals surface area (Å²) in [7, 11) is 0. The lowest BCUT2D eigenvalue weighted by atomic mass is 9.95. The van der Waals surface area contributed by atoms with Crippen LogP contribution >= 0.6 is 0 Å². The molecule has 1 aromatic carbocycles. The first-order valence-corrected chi connectivity index (χ1v) is 8.39. The average molecular weight is 334 g/mol. The molecule has 1 aliphatic carbocycles. The molecule has 0 unspecified atom stereocenters. The zero-order valence-corrected chi connectivity index (χ0v) is 13.6. The van der Waals surface area contributed by atoms with Gasteiger partial charge in [-0.15, -0.1) is 0 Å². The van der Waals surface area contributed by atoms with Gasteiger partial charge in [-0.25, -0.2) is 4.39 Å². The standard InChI is InChI=1S/C18H23FN2O3/c19-14-8-6-13(7-9-14)16(22)10-11-17(23)20-12-18(24)21-15-4-2-1-3-5-15/h6-9,15H,1-5,10-12H2,(H,20,23)(H,21,24). The maximum absolute atomic E-state index is 12.8. The van der Waals surface area contributed by atoms with E-state index in [1.165, 1.54) is 30.7 Å². The molecule has 24 heavy (non-hydrogen) atoms. The highest BCUT2D eigenvalue weighted by Crippen LogP contribution is 2.17. The molecule has 2 N–H and O–H groups in total. The fraction of sp³-hybridized carbons (Fsp3) is 0.500. The third-order valence-corrected chi connectivity index (χ3v) is 4.16. The van der Waals surface area contributed by atoms with Gasteiger partial charge in [0, 0.05) is 24.4 Å². The first-order chi connectivity index (χ1) is 11.5. The zero-order valence-electron chi connectivity index (χ0n) is 13.6. The first-order valence-electron chi connectivity index (χ1n) is 8.39. The Balaban J connectivity index is 1.64. The highest BCUT2D eigenvalue weighted by Gasteiger charge is 2.16. The monoisotopic (exact) mass is 334 g/mol. The van der Waals surface area contributed by atoms with Gasteiger partial charge in [0.2, 0.25) is 11.8 Å². The number of ketones is 1. The van der Waals surface area contributed by atoms with Gasteiger partial charge in [-0.1, -0.05) is 19.3 Å². The molecule has 130 valence electrons. The number of hydrogen-bond acceptors (Lipinski definition) is 3. The summed E-state index contributed by atoms with van der Waals surface area (Å²) < 4.78 is 12.8. The lowest BCUT2D eigenvalue weighted by molar-refractivity contribution is -0.126. The summed E-state index contributed by atoms with van der Waals surface area (Å²) >= 11 is 0. The molecule has 0 aliphatic heterocycles. The van der Waals surface area contributed by atoms with Crippen LogP contribution in [0.1, 0.15) is 55.3 Å². The number of carbonyl (C=O) groups is 3. The molecule has 0 aromatic heterocycles. The summed E-state index contributed by atoms with van der Waals surface area (Å²) in [5.41, 5.74) is 0.374. The van der Waals surface area contributed by atoms with Crippen molar-refractivity contribution in [3.63, 3.8) is 0 Å². The van der Waals surface area contributed by atoms with Crippen molar-refractivity contribution < 1.29 is 18.8 Å². The van der Waals surface area contributed by atoms with Crippen LogP contribution in [-0.4, -0.2) is 30.2 Å². The molecule has 0 saturated heterocycles. The second-order valence-corrected chi connectivity index (χ2v) is 6.11. The number of hydrogen-bond donors (Lipinski definition) is 2. The number of amides is 2. The van der Waals surface area contributed by atoms with Crippen LogP contribution in [0.2, 0.25) is 0 Å². The molecule has 1 saturated carbocycles. The fourth-order valence-electron chi connectivity index (χ4n) is 2.80. The van der Waals surface area contributed by atoms with Crippen LogP contribution < -0.4 is 10.6 Å². The number of benzene rings is 1. The van der Waals surface area contributed by atoms with E-state index in [1.807, 2.05) is 0 Å². The lowest BCUT2D eigenvalue weighted by Gasteiger charge is -2.22. The molecule has 0 bridgehead atoms. The van der Waals surface area contributed by atoms with Gasteiger partial charge in [0.25, 0.3) is 0 Å². The Bertz CT molecular complexity index is 580. The highest BCUT2D eigenvalue weighted by atomic mass is 19.1. The lowest BCUT2D eigenvalue weighted by Crippen LogP contribution is -2.42. The molecule has 2 rings (SSSR count). The van der Waals surface area contributed by atoms with E-state index in [4.69, 9.17) is 0 Å². The molecule has 0 heterocycles. The van der Waals surface area contributed by atoms with Gasteiger partial charge >= 0.3 is 0 Å². The van der Waals surface area contributed by atoms with Gasteiger partial charge in [-0.2, -0.15) is 0 Å². The van der Waals surface area contributed by atoms with Gasteiger partial charge in [0.05, 0.1) is 6.54 Å². The van der Waals surface area contributed by atoms with Crippen molar-refractivity contribution in [2.45, 2.75) is 51.0 Å². The normalized spacial score (nSPS) is 14.9. The van der Waals surface area contributed by atoms with Crippen molar-refractivity contribution in [3.05, 3.63) is 35.6 Å². The van der Waals surface area contributed by atoms with Gasteiger partial charge in [-0.3, -0.25) is 14.4 Å². The van der Waals surface area contributed by atoms with Crippen LogP contribution in [0.3, 0.4) is 0 Å². The predicted molar refractivity (Wildman–Crippen MR) is 88.0 cm³/mol. The van der Waals surface area contributed by atoms with E-state index in [2.05, 4.69) is 10.6 Å². The Hall–Kier alpha value is -2.24. The molecular weight excluding hydrogens is 311 g/mol. The molecule has 6 heteroatoms. The number of Topliss-reactive ketones (excluding diaryl/α,β-unsaturated/α-hetero) is 1. The minimum atomic E-state index is -0.409. The molecule has 0 atom stereocenters. The second-order valence-electron chi connectivity index (χ2n) is 6.11. The van der Waals surface area contributed by atoms with Crippen molar-refractivity contribution in [2.75, 3.05) is 6.54 Å². The summed E-state index contributed by atoms with van der Waals surface area (Å²) in [6.07, 6.45) is 5.49. The summed E-state index contributed by atoms with van der Waals surface area (Å²) in [4.78, 5) is 35.4. The zero-order chi connectivity index (χ0) is 17.4. The Morgan fingerprint density at radius 1 is 0.958 bits per heavy atom. The van der Waals surface area contributed by atoms with E-state index in [1.54, 1.807) is 0 Å². The Labute approximate surface area is 141 Å². The largest absolute Gasteiger partial charge is 0.352 e. The summed E-state index contributed by atoms with van der Waals surface area (Å²) in [6, 6.07) is 5.43. The summed E-state index contributed by atoms with van der Waals surface area (Å²) in [5.74, 6) is -1.17. The van der Waals surface area contributed by atoms with Crippen molar-refractivity contribution in [2.24, 2.45) is 0 Å². The van der Waals surface area contributed by atoms with Crippen LogP contribution in [0.5, 0.6) is 0 Å². The Kier molecular flexibility index (Phi) is 6.90. The van der Waals surface area contributed by atoms with Gasteiger partial charge in [0.1, 0.15) is 5.82 Å². The molecule has 0 spiro atoms. The SMILES string of the molecule is O=C(CCC(=O)c1ccc(F)cc1)NCC(=O)NC1CCCCC1. The van der Waals surface area contributed by atoms with Crippen LogP contribution in [-0.2, 0) is 9.59 Å². The molecule has 1 aromatic rings. The minimum Gasteiger partial charge on any atom is -0.352 e. The molecule has 2 amide bonds. The second kappa shape index (κ2) is 9.15. The molecule has 0 radical (unpaired) electrons. The molecule has 5 nitrogen and oxygen atoms in total. The summed E-state index contributed by atoms with van der Waals surface area (Å²) in [5, 5.41) is 5.44. The maximum Gasteiger partial charge on any atom is 0.239 e. The predicted octanol–water partition coefficient (Wildman–Crippen LogP) is 2.35. The summed E-state index contributed by atoms with van der Waals surface area (Å²) in [6.45, 7) is -0.0694. The molecule has 1 aliphatic rings. The van der Waals surface area contributed by atoms with Crippen LogP contribution in [0.15, 0.2) is 24.3 Å². The van der Waals surface area contributed by atoms with Crippen molar-refractivity contribution in [3.8, 4) is 0 Å². The van der Waals surface area contributed by atoms with E-state index < -0.39 is 5.82 Å². The van der Waals surface area contributed by atoms with E-state index in [-0.39, 0.29) is 43.0 Å². The van der Waals surface area contributed by atoms with Crippen molar-refractivity contribution in [1.29, 1.82) is 0 Å².